The zero-order chi connectivity index (χ0) is 14.4. The second-order valence-electron chi connectivity index (χ2n) is 3.94. The lowest BCUT2D eigenvalue weighted by molar-refractivity contribution is -0.384. The van der Waals surface area contributed by atoms with Crippen molar-refractivity contribution >= 4 is 17.3 Å². The second kappa shape index (κ2) is 6.69. The first-order valence-corrected chi connectivity index (χ1v) is 5.83. The molecule has 0 saturated heterocycles. The molecule has 0 fully saturated rings. The highest BCUT2D eigenvalue weighted by Gasteiger charge is 2.16. The molecule has 0 spiro atoms. The maximum Gasteiger partial charge on any atom is 0.335 e. The highest BCUT2D eigenvalue weighted by Crippen LogP contribution is 2.25. The van der Waals surface area contributed by atoms with Gasteiger partial charge in [-0.25, -0.2) is 4.79 Å². The molecule has 0 amide bonds. The highest BCUT2D eigenvalue weighted by atomic mass is 16.6. The van der Waals surface area contributed by atoms with E-state index in [0.717, 1.165) is 0 Å². The Morgan fingerprint density at radius 3 is 2.79 bits per heavy atom. The Hall–Kier alpha value is -2.15. The first-order chi connectivity index (χ1) is 8.95. The summed E-state index contributed by atoms with van der Waals surface area (Å²) < 4.78 is 5.29. The molecular weight excluding hydrogens is 252 g/mol. The molecule has 2 N–H and O–H groups in total. The molecule has 1 atom stereocenters. The number of anilines is 1. The van der Waals surface area contributed by atoms with Crippen molar-refractivity contribution in [1.82, 2.24) is 0 Å². The summed E-state index contributed by atoms with van der Waals surface area (Å²) in [5.74, 6) is -1.13. The van der Waals surface area contributed by atoms with Crippen molar-refractivity contribution in [2.45, 2.75) is 20.0 Å². The van der Waals surface area contributed by atoms with Crippen molar-refractivity contribution in [2.24, 2.45) is 0 Å². The van der Waals surface area contributed by atoms with Gasteiger partial charge >= 0.3 is 5.97 Å². The Morgan fingerprint density at radius 2 is 2.26 bits per heavy atom. The normalized spacial score (nSPS) is 11.9. The quantitative estimate of drug-likeness (QED) is 0.580. The number of benzene rings is 1. The zero-order valence-electron chi connectivity index (χ0n) is 10.8. The van der Waals surface area contributed by atoms with Crippen LogP contribution in [-0.4, -0.2) is 35.3 Å². The topological polar surface area (TPSA) is 102 Å². The van der Waals surface area contributed by atoms with Crippen LogP contribution in [0.25, 0.3) is 0 Å². The Bertz CT molecular complexity index is 475. The molecule has 0 heterocycles. The molecule has 1 aromatic rings. The van der Waals surface area contributed by atoms with Gasteiger partial charge in [-0.3, -0.25) is 10.1 Å². The number of carbonyl (C=O) groups is 1. The molecule has 7 nitrogen and oxygen atoms in total. The first-order valence-electron chi connectivity index (χ1n) is 5.83. The summed E-state index contributed by atoms with van der Waals surface area (Å²) in [6.45, 7) is 4.57. The van der Waals surface area contributed by atoms with Crippen LogP contribution in [0.3, 0.4) is 0 Å². The van der Waals surface area contributed by atoms with Crippen LogP contribution in [0.15, 0.2) is 18.2 Å². The predicted molar refractivity (Wildman–Crippen MR) is 69.6 cm³/mol. The molecule has 0 aliphatic carbocycles. The van der Waals surface area contributed by atoms with Gasteiger partial charge in [-0.05, 0) is 26.0 Å². The van der Waals surface area contributed by atoms with Crippen LogP contribution in [0.5, 0.6) is 0 Å². The molecule has 7 heteroatoms. The van der Waals surface area contributed by atoms with E-state index in [0.29, 0.717) is 13.2 Å². The van der Waals surface area contributed by atoms with Crippen molar-refractivity contribution in [1.29, 1.82) is 0 Å². The lowest BCUT2D eigenvalue weighted by Gasteiger charge is -2.13. The fraction of sp³-hybridized carbons (Fsp3) is 0.417. The third kappa shape index (κ3) is 4.22. The summed E-state index contributed by atoms with van der Waals surface area (Å²) in [7, 11) is 0. The molecule has 19 heavy (non-hydrogen) atoms. The maximum atomic E-state index is 10.9. The van der Waals surface area contributed by atoms with Crippen molar-refractivity contribution in [3.63, 3.8) is 0 Å². The molecule has 0 aromatic heterocycles. The smallest absolute Gasteiger partial charge is 0.335 e. The van der Waals surface area contributed by atoms with E-state index in [4.69, 9.17) is 9.84 Å². The Morgan fingerprint density at radius 1 is 1.58 bits per heavy atom. The van der Waals surface area contributed by atoms with Gasteiger partial charge < -0.3 is 15.2 Å². The molecule has 1 unspecified atom stereocenters. The van der Waals surface area contributed by atoms with Gasteiger partial charge in [-0.1, -0.05) is 0 Å². The van der Waals surface area contributed by atoms with Crippen LogP contribution in [0, 0.1) is 10.1 Å². The van der Waals surface area contributed by atoms with Crippen LogP contribution in [0.4, 0.5) is 11.4 Å². The van der Waals surface area contributed by atoms with Crippen LogP contribution < -0.4 is 5.32 Å². The number of aromatic carboxylic acids is 1. The van der Waals surface area contributed by atoms with E-state index in [1.807, 2.05) is 13.8 Å². The zero-order valence-corrected chi connectivity index (χ0v) is 10.8. The Balaban J connectivity index is 2.91. The first kappa shape index (κ1) is 14.9. The highest BCUT2D eigenvalue weighted by molar-refractivity contribution is 5.90. The van der Waals surface area contributed by atoms with Gasteiger partial charge in [0.15, 0.2) is 0 Å². The largest absolute Gasteiger partial charge is 0.478 e. The number of nitrogens with one attached hydrogen (secondary N) is 1. The standard InChI is InChI=1S/C12H16N2O5/c1-3-19-8(2)7-13-10-6-9(12(15)16)4-5-11(10)14(17)18/h4-6,8,13H,3,7H2,1-2H3,(H,15,16). The molecule has 0 bridgehead atoms. The van der Waals surface area contributed by atoms with Gasteiger partial charge in [0.2, 0.25) is 0 Å². The summed E-state index contributed by atoms with van der Waals surface area (Å²) in [4.78, 5) is 21.2. The second-order valence-corrected chi connectivity index (χ2v) is 3.94. The number of carboxylic acid groups (broad SMARTS) is 1. The van der Waals surface area contributed by atoms with E-state index in [9.17, 15) is 14.9 Å². The number of hydrogen-bond donors (Lipinski definition) is 2. The number of rotatable bonds is 7. The summed E-state index contributed by atoms with van der Waals surface area (Å²) in [5, 5.41) is 22.6. The fourth-order valence-electron chi connectivity index (χ4n) is 1.57. The Kier molecular flexibility index (Phi) is 5.25. The van der Waals surface area contributed by atoms with Crippen molar-refractivity contribution in [3.8, 4) is 0 Å². The molecule has 104 valence electrons. The van der Waals surface area contributed by atoms with Crippen molar-refractivity contribution < 1.29 is 19.6 Å². The minimum absolute atomic E-state index is 0.00263. The van der Waals surface area contributed by atoms with Crippen LogP contribution in [-0.2, 0) is 4.74 Å². The van der Waals surface area contributed by atoms with Crippen LogP contribution in [0.2, 0.25) is 0 Å². The van der Waals surface area contributed by atoms with Crippen molar-refractivity contribution in [2.75, 3.05) is 18.5 Å². The van der Waals surface area contributed by atoms with Gasteiger partial charge in [0.05, 0.1) is 16.6 Å². The average molecular weight is 268 g/mol. The fourth-order valence-corrected chi connectivity index (χ4v) is 1.57. The number of nitro benzene ring substituents is 1. The van der Waals surface area contributed by atoms with E-state index in [-0.39, 0.29) is 23.0 Å². The number of nitrogens with zero attached hydrogens (tertiary/aromatic N) is 1. The molecule has 1 aromatic carbocycles. The van der Waals surface area contributed by atoms with E-state index in [1.165, 1.54) is 18.2 Å². The van der Waals surface area contributed by atoms with E-state index < -0.39 is 10.9 Å². The monoisotopic (exact) mass is 268 g/mol. The lowest BCUT2D eigenvalue weighted by Crippen LogP contribution is -2.20. The third-order valence-corrected chi connectivity index (χ3v) is 2.47. The number of nitro groups is 1. The SMILES string of the molecule is CCOC(C)CNc1cc(C(=O)O)ccc1[N+](=O)[O-]. The van der Waals surface area contributed by atoms with Gasteiger partial charge in [-0.15, -0.1) is 0 Å². The van der Waals surface area contributed by atoms with Crippen LogP contribution in [0.1, 0.15) is 24.2 Å². The average Bonchev–Trinajstić information content (AvgIpc) is 2.36. The summed E-state index contributed by atoms with van der Waals surface area (Å²) in [6, 6.07) is 3.63. The molecule has 0 aliphatic rings. The van der Waals surface area contributed by atoms with Gasteiger partial charge in [0.1, 0.15) is 5.69 Å². The molecule has 0 aliphatic heterocycles. The number of hydrogen-bond acceptors (Lipinski definition) is 5. The molecule has 0 saturated carbocycles. The lowest BCUT2D eigenvalue weighted by atomic mass is 10.1. The van der Waals surface area contributed by atoms with Crippen LogP contribution >= 0.6 is 0 Å². The minimum atomic E-state index is -1.13. The number of ether oxygens (including phenoxy) is 1. The summed E-state index contributed by atoms with van der Waals surface area (Å²) in [6.07, 6.45) is -0.127. The minimum Gasteiger partial charge on any atom is -0.478 e. The molecular formula is C12H16N2O5. The molecule has 1 rings (SSSR count). The van der Waals surface area contributed by atoms with Gasteiger partial charge in [0.25, 0.3) is 5.69 Å². The Labute approximate surface area is 110 Å². The van der Waals surface area contributed by atoms with E-state index in [1.54, 1.807) is 0 Å². The summed E-state index contributed by atoms with van der Waals surface area (Å²) >= 11 is 0. The van der Waals surface area contributed by atoms with E-state index >= 15 is 0 Å². The van der Waals surface area contributed by atoms with Gasteiger partial charge in [-0.2, -0.15) is 0 Å². The van der Waals surface area contributed by atoms with E-state index in [2.05, 4.69) is 5.32 Å². The maximum absolute atomic E-state index is 10.9. The number of carboxylic acids is 1. The molecule has 0 radical (unpaired) electrons. The predicted octanol–water partition coefficient (Wildman–Crippen LogP) is 2.13. The van der Waals surface area contributed by atoms with Crippen molar-refractivity contribution in [3.05, 3.63) is 33.9 Å². The third-order valence-electron chi connectivity index (χ3n) is 2.47. The summed E-state index contributed by atoms with van der Waals surface area (Å²) in [5.41, 5.74) is 0.0160. The van der Waals surface area contributed by atoms with Gasteiger partial charge in [0, 0.05) is 19.2 Å².